The molecule has 0 aliphatic heterocycles. The minimum atomic E-state index is -0.274. The SMILES string of the molecule is CC(C)(C)NCc1cn(C2CCCCC2O)nn1. The molecule has 0 aromatic carbocycles. The lowest BCUT2D eigenvalue weighted by molar-refractivity contribution is 0.0685. The Morgan fingerprint density at radius 3 is 2.78 bits per heavy atom. The zero-order valence-electron chi connectivity index (χ0n) is 11.6. The largest absolute Gasteiger partial charge is 0.391 e. The Balaban J connectivity index is 1.97. The number of nitrogens with one attached hydrogen (secondary N) is 1. The van der Waals surface area contributed by atoms with E-state index in [2.05, 4.69) is 36.4 Å². The number of aliphatic hydroxyl groups is 1. The van der Waals surface area contributed by atoms with Gasteiger partial charge in [0, 0.05) is 12.1 Å². The van der Waals surface area contributed by atoms with E-state index in [-0.39, 0.29) is 17.7 Å². The standard InChI is InChI=1S/C13H24N4O/c1-13(2,3)14-8-10-9-17(16-15-10)11-6-4-5-7-12(11)18/h9,11-12,14,18H,4-8H2,1-3H3. The summed E-state index contributed by atoms with van der Waals surface area (Å²) in [6.45, 7) is 7.10. The van der Waals surface area contributed by atoms with Crippen molar-refractivity contribution in [2.45, 2.75) is 70.7 Å². The quantitative estimate of drug-likeness (QED) is 0.858. The second kappa shape index (κ2) is 5.36. The third-order valence-corrected chi connectivity index (χ3v) is 3.39. The van der Waals surface area contributed by atoms with Crippen LogP contribution in [-0.4, -0.2) is 31.7 Å². The predicted molar refractivity (Wildman–Crippen MR) is 70.1 cm³/mol. The molecule has 18 heavy (non-hydrogen) atoms. The summed E-state index contributed by atoms with van der Waals surface area (Å²) in [5.41, 5.74) is 1.01. The number of aliphatic hydroxyl groups excluding tert-OH is 1. The zero-order valence-corrected chi connectivity index (χ0v) is 11.6. The van der Waals surface area contributed by atoms with Crippen LogP contribution in [0.4, 0.5) is 0 Å². The molecule has 2 rings (SSSR count). The van der Waals surface area contributed by atoms with E-state index in [1.54, 1.807) is 0 Å². The molecule has 2 N–H and O–H groups in total. The van der Waals surface area contributed by atoms with Crippen molar-refractivity contribution in [2.75, 3.05) is 0 Å². The molecular weight excluding hydrogens is 228 g/mol. The van der Waals surface area contributed by atoms with Gasteiger partial charge in [-0.15, -0.1) is 5.10 Å². The van der Waals surface area contributed by atoms with Gasteiger partial charge in [-0.05, 0) is 33.6 Å². The number of hydrogen-bond acceptors (Lipinski definition) is 4. The van der Waals surface area contributed by atoms with E-state index >= 15 is 0 Å². The molecule has 1 aromatic heterocycles. The highest BCUT2D eigenvalue weighted by atomic mass is 16.3. The van der Waals surface area contributed by atoms with Crippen LogP contribution in [0.5, 0.6) is 0 Å². The summed E-state index contributed by atoms with van der Waals surface area (Å²) >= 11 is 0. The highest BCUT2D eigenvalue weighted by Crippen LogP contribution is 2.27. The third-order valence-electron chi connectivity index (χ3n) is 3.39. The molecule has 1 saturated carbocycles. The maximum absolute atomic E-state index is 9.99. The lowest BCUT2D eigenvalue weighted by Crippen LogP contribution is -2.35. The first kappa shape index (κ1) is 13.5. The molecule has 0 bridgehead atoms. The second-order valence-corrected chi connectivity index (χ2v) is 6.21. The second-order valence-electron chi connectivity index (χ2n) is 6.21. The first-order valence-corrected chi connectivity index (χ1v) is 6.79. The average molecular weight is 252 g/mol. The van der Waals surface area contributed by atoms with E-state index in [1.165, 1.54) is 0 Å². The highest BCUT2D eigenvalue weighted by molar-refractivity contribution is 4.95. The van der Waals surface area contributed by atoms with Crippen molar-refractivity contribution < 1.29 is 5.11 Å². The molecule has 0 spiro atoms. The maximum atomic E-state index is 9.99. The molecule has 5 heteroatoms. The molecule has 0 radical (unpaired) electrons. The summed E-state index contributed by atoms with van der Waals surface area (Å²) in [7, 11) is 0. The van der Waals surface area contributed by atoms with Gasteiger partial charge in [0.05, 0.1) is 24.0 Å². The highest BCUT2D eigenvalue weighted by Gasteiger charge is 2.25. The van der Waals surface area contributed by atoms with Crippen LogP contribution in [-0.2, 0) is 6.54 Å². The Bertz CT molecular complexity index is 383. The van der Waals surface area contributed by atoms with Crippen molar-refractivity contribution in [2.24, 2.45) is 0 Å². The Morgan fingerprint density at radius 1 is 1.39 bits per heavy atom. The van der Waals surface area contributed by atoms with Gasteiger partial charge >= 0.3 is 0 Å². The lowest BCUT2D eigenvalue weighted by atomic mass is 9.93. The smallest absolute Gasteiger partial charge is 0.0965 e. The van der Waals surface area contributed by atoms with Crippen LogP contribution in [0.2, 0.25) is 0 Å². The number of nitrogens with zero attached hydrogens (tertiary/aromatic N) is 3. The number of aromatic nitrogens is 3. The Hall–Kier alpha value is -0.940. The van der Waals surface area contributed by atoms with Crippen molar-refractivity contribution >= 4 is 0 Å². The van der Waals surface area contributed by atoms with Gasteiger partial charge in [0.2, 0.25) is 0 Å². The van der Waals surface area contributed by atoms with E-state index in [0.29, 0.717) is 6.54 Å². The Kier molecular flexibility index (Phi) is 4.02. The minimum absolute atomic E-state index is 0.0775. The molecule has 0 saturated heterocycles. The molecule has 1 fully saturated rings. The van der Waals surface area contributed by atoms with Gasteiger partial charge in [-0.1, -0.05) is 18.1 Å². The van der Waals surface area contributed by atoms with Gasteiger partial charge in [-0.2, -0.15) is 0 Å². The average Bonchev–Trinajstić information content (AvgIpc) is 2.75. The molecule has 1 heterocycles. The van der Waals surface area contributed by atoms with Gasteiger partial charge in [-0.3, -0.25) is 0 Å². The van der Waals surface area contributed by atoms with Crippen molar-refractivity contribution in [1.82, 2.24) is 20.3 Å². The first-order chi connectivity index (χ1) is 8.46. The molecule has 2 atom stereocenters. The molecular formula is C13H24N4O. The molecule has 102 valence electrons. The maximum Gasteiger partial charge on any atom is 0.0965 e. The molecule has 1 aliphatic rings. The Morgan fingerprint density at radius 2 is 2.11 bits per heavy atom. The summed E-state index contributed by atoms with van der Waals surface area (Å²) in [4.78, 5) is 0. The number of rotatable bonds is 3. The van der Waals surface area contributed by atoms with E-state index in [1.807, 2.05) is 10.9 Å². The van der Waals surface area contributed by atoms with Gasteiger partial charge in [-0.25, -0.2) is 4.68 Å². The lowest BCUT2D eigenvalue weighted by Gasteiger charge is -2.27. The summed E-state index contributed by atoms with van der Waals surface area (Å²) in [5.74, 6) is 0. The van der Waals surface area contributed by atoms with Crippen LogP contribution >= 0.6 is 0 Å². The Labute approximate surface area is 109 Å². The van der Waals surface area contributed by atoms with Gasteiger partial charge < -0.3 is 10.4 Å². The molecule has 1 aliphatic carbocycles. The first-order valence-electron chi connectivity index (χ1n) is 6.79. The van der Waals surface area contributed by atoms with Crippen LogP contribution in [0.25, 0.3) is 0 Å². The van der Waals surface area contributed by atoms with E-state index in [9.17, 15) is 5.11 Å². The zero-order chi connectivity index (χ0) is 13.2. The fourth-order valence-electron chi connectivity index (χ4n) is 2.31. The fourth-order valence-corrected chi connectivity index (χ4v) is 2.31. The summed E-state index contributed by atoms with van der Waals surface area (Å²) in [6.07, 6.45) is 5.83. The van der Waals surface area contributed by atoms with Crippen molar-refractivity contribution in [1.29, 1.82) is 0 Å². The summed E-state index contributed by atoms with van der Waals surface area (Å²) in [6, 6.07) is 0.106. The van der Waals surface area contributed by atoms with Crippen LogP contribution in [0, 0.1) is 0 Å². The van der Waals surface area contributed by atoms with Crippen LogP contribution in [0.1, 0.15) is 58.2 Å². The van der Waals surface area contributed by atoms with Gasteiger partial charge in [0.1, 0.15) is 0 Å². The van der Waals surface area contributed by atoms with Gasteiger partial charge in [0.15, 0.2) is 0 Å². The van der Waals surface area contributed by atoms with Crippen LogP contribution in [0.15, 0.2) is 6.20 Å². The van der Waals surface area contributed by atoms with Gasteiger partial charge in [0.25, 0.3) is 0 Å². The fraction of sp³-hybridized carbons (Fsp3) is 0.846. The normalized spacial score (nSPS) is 25.3. The van der Waals surface area contributed by atoms with E-state index in [0.717, 1.165) is 31.4 Å². The minimum Gasteiger partial charge on any atom is -0.391 e. The predicted octanol–water partition coefficient (Wildman–Crippen LogP) is 1.64. The monoisotopic (exact) mass is 252 g/mol. The topological polar surface area (TPSA) is 63.0 Å². The van der Waals surface area contributed by atoms with Crippen LogP contribution < -0.4 is 5.32 Å². The van der Waals surface area contributed by atoms with E-state index in [4.69, 9.17) is 0 Å². The molecule has 5 nitrogen and oxygen atoms in total. The number of hydrogen-bond donors (Lipinski definition) is 2. The third kappa shape index (κ3) is 3.53. The molecule has 2 unspecified atom stereocenters. The van der Waals surface area contributed by atoms with E-state index < -0.39 is 0 Å². The van der Waals surface area contributed by atoms with Crippen molar-refractivity contribution in [3.63, 3.8) is 0 Å². The van der Waals surface area contributed by atoms with Crippen molar-refractivity contribution in [3.8, 4) is 0 Å². The molecule has 0 amide bonds. The molecule has 1 aromatic rings. The summed E-state index contributed by atoms with van der Waals surface area (Å²) in [5, 5.41) is 21.7. The summed E-state index contributed by atoms with van der Waals surface area (Å²) < 4.78 is 1.84. The van der Waals surface area contributed by atoms with Crippen molar-refractivity contribution in [3.05, 3.63) is 11.9 Å². The van der Waals surface area contributed by atoms with Crippen LogP contribution in [0.3, 0.4) is 0 Å².